The monoisotopic (exact) mass is 337 g/mol. The second-order valence-electron chi connectivity index (χ2n) is 5.93. The summed E-state index contributed by atoms with van der Waals surface area (Å²) in [7, 11) is 0. The van der Waals surface area contributed by atoms with Crippen LogP contribution in [0.3, 0.4) is 0 Å². The van der Waals surface area contributed by atoms with E-state index in [9.17, 15) is 14.9 Å². The van der Waals surface area contributed by atoms with Crippen molar-refractivity contribution in [3.63, 3.8) is 0 Å². The van der Waals surface area contributed by atoms with E-state index < -0.39 is 23.1 Å². The van der Waals surface area contributed by atoms with E-state index in [1.54, 1.807) is 0 Å². The highest BCUT2D eigenvalue weighted by Crippen LogP contribution is 2.19. The van der Waals surface area contributed by atoms with Gasteiger partial charge in [0.15, 0.2) is 0 Å². The van der Waals surface area contributed by atoms with Gasteiger partial charge < -0.3 is 4.74 Å². The Hall–Kier alpha value is -1.91. The highest BCUT2D eigenvalue weighted by molar-refractivity contribution is 5.69. The molecule has 0 amide bonds. The molecule has 0 aliphatic heterocycles. The SMILES string of the molecule is [2H]C([2H])(OC(=O)CCCCCCCCCCC)c1ccccc1[N+](=O)[O-]. The fraction of sp³-hybridized carbons (Fsp3) is 0.632. The van der Waals surface area contributed by atoms with Crippen molar-refractivity contribution in [2.75, 3.05) is 0 Å². The van der Waals surface area contributed by atoms with Crippen molar-refractivity contribution in [2.24, 2.45) is 0 Å². The molecule has 0 aliphatic rings. The fourth-order valence-corrected chi connectivity index (χ4v) is 2.46. The molecule has 0 aromatic heterocycles. The van der Waals surface area contributed by atoms with Crippen molar-refractivity contribution in [2.45, 2.75) is 77.7 Å². The van der Waals surface area contributed by atoms with Crippen molar-refractivity contribution >= 4 is 11.7 Å². The van der Waals surface area contributed by atoms with Gasteiger partial charge in [0.1, 0.15) is 6.56 Å². The number of rotatable bonds is 13. The first-order valence-electron chi connectivity index (χ1n) is 9.84. The van der Waals surface area contributed by atoms with Gasteiger partial charge in [-0.15, -0.1) is 0 Å². The maximum Gasteiger partial charge on any atom is 0.306 e. The summed E-state index contributed by atoms with van der Waals surface area (Å²) in [5, 5.41) is 11.0. The number of nitro benzene ring substituents is 1. The average molecular weight is 337 g/mol. The molecular formula is C19H29NO4. The van der Waals surface area contributed by atoms with E-state index in [4.69, 9.17) is 7.48 Å². The van der Waals surface area contributed by atoms with E-state index >= 15 is 0 Å². The Morgan fingerprint density at radius 3 is 2.29 bits per heavy atom. The lowest BCUT2D eigenvalue weighted by Gasteiger charge is -2.06. The third kappa shape index (κ3) is 8.65. The molecule has 0 heterocycles. The Bertz CT molecular complexity index is 578. The van der Waals surface area contributed by atoms with E-state index in [1.165, 1.54) is 56.4 Å². The van der Waals surface area contributed by atoms with Crippen LogP contribution in [0.4, 0.5) is 5.69 Å². The molecule has 5 heteroatoms. The Kier molecular flexibility index (Phi) is 8.82. The minimum Gasteiger partial charge on any atom is -0.461 e. The first kappa shape index (κ1) is 16.9. The predicted molar refractivity (Wildman–Crippen MR) is 94.7 cm³/mol. The van der Waals surface area contributed by atoms with Crippen LogP contribution in [0.2, 0.25) is 0 Å². The zero-order chi connectivity index (χ0) is 19.4. The zero-order valence-corrected chi connectivity index (χ0v) is 14.5. The summed E-state index contributed by atoms with van der Waals surface area (Å²) in [5.74, 6) is -0.670. The molecular weight excluding hydrogens is 306 g/mol. The van der Waals surface area contributed by atoms with Crippen molar-refractivity contribution in [3.05, 3.63) is 39.9 Å². The molecule has 0 fully saturated rings. The van der Waals surface area contributed by atoms with Gasteiger partial charge in [0.05, 0.1) is 13.2 Å². The first-order chi connectivity index (χ1) is 12.4. The van der Waals surface area contributed by atoms with Crippen LogP contribution in [0.1, 0.15) is 79.4 Å². The minimum atomic E-state index is -2.51. The Labute approximate surface area is 147 Å². The Morgan fingerprint density at radius 2 is 1.67 bits per heavy atom. The van der Waals surface area contributed by atoms with Crippen molar-refractivity contribution < 1.29 is 17.2 Å². The molecule has 0 unspecified atom stereocenters. The molecule has 0 aliphatic carbocycles. The zero-order valence-electron chi connectivity index (χ0n) is 16.5. The third-order valence-corrected chi connectivity index (χ3v) is 3.86. The molecule has 5 nitrogen and oxygen atoms in total. The Morgan fingerprint density at radius 1 is 1.08 bits per heavy atom. The van der Waals surface area contributed by atoms with E-state index in [0.29, 0.717) is 6.42 Å². The molecule has 134 valence electrons. The van der Waals surface area contributed by atoms with Gasteiger partial charge in [-0.3, -0.25) is 14.9 Å². The van der Waals surface area contributed by atoms with Crippen LogP contribution >= 0.6 is 0 Å². The van der Waals surface area contributed by atoms with Crippen LogP contribution in [0.15, 0.2) is 24.3 Å². The quantitative estimate of drug-likeness (QED) is 0.204. The molecule has 1 aromatic carbocycles. The molecule has 0 spiro atoms. The molecule has 1 rings (SSSR count). The molecule has 0 radical (unpaired) electrons. The van der Waals surface area contributed by atoms with Gasteiger partial charge in [-0.1, -0.05) is 70.4 Å². The predicted octanol–water partition coefficient (Wildman–Crippen LogP) is 5.56. The lowest BCUT2D eigenvalue weighted by molar-refractivity contribution is -0.385. The number of carbonyl (C=O) groups is 1. The van der Waals surface area contributed by atoms with E-state index in [2.05, 4.69) is 6.92 Å². The lowest BCUT2D eigenvalue weighted by atomic mass is 10.1. The number of hydrogen-bond donors (Lipinski definition) is 0. The number of benzene rings is 1. The number of ether oxygens (including phenoxy) is 1. The summed E-state index contributed by atoms with van der Waals surface area (Å²) >= 11 is 0. The summed E-state index contributed by atoms with van der Waals surface area (Å²) in [6.45, 7) is -0.322. The number of esters is 1. The topological polar surface area (TPSA) is 69.4 Å². The summed E-state index contributed by atoms with van der Waals surface area (Å²) in [6.07, 6.45) is 10.1. The van der Waals surface area contributed by atoms with Crippen molar-refractivity contribution in [3.8, 4) is 0 Å². The summed E-state index contributed by atoms with van der Waals surface area (Å²) in [6, 6.07) is 5.39. The number of nitrogens with zero attached hydrogens (tertiary/aromatic N) is 1. The maximum absolute atomic E-state index is 11.9. The molecule has 0 N–H and O–H groups in total. The van der Waals surface area contributed by atoms with Crippen molar-refractivity contribution in [1.82, 2.24) is 0 Å². The van der Waals surface area contributed by atoms with Gasteiger partial charge in [-0.25, -0.2) is 0 Å². The molecule has 1 aromatic rings. The van der Waals surface area contributed by atoms with Crippen LogP contribution in [-0.4, -0.2) is 10.9 Å². The van der Waals surface area contributed by atoms with Crippen LogP contribution in [0.25, 0.3) is 0 Å². The lowest BCUT2D eigenvalue weighted by Crippen LogP contribution is -2.06. The second-order valence-corrected chi connectivity index (χ2v) is 5.93. The number of hydrogen-bond acceptors (Lipinski definition) is 4. The molecule has 0 saturated heterocycles. The summed E-state index contributed by atoms with van der Waals surface area (Å²) in [5.41, 5.74) is -0.640. The van der Waals surface area contributed by atoms with Gasteiger partial charge in [-0.05, 0) is 12.5 Å². The maximum atomic E-state index is 11.9. The molecule has 24 heavy (non-hydrogen) atoms. The summed E-state index contributed by atoms with van der Waals surface area (Å²) in [4.78, 5) is 22.2. The van der Waals surface area contributed by atoms with Gasteiger partial charge in [0, 0.05) is 12.5 Å². The molecule has 0 bridgehead atoms. The van der Waals surface area contributed by atoms with Gasteiger partial charge >= 0.3 is 5.97 Å². The van der Waals surface area contributed by atoms with Crippen LogP contribution in [-0.2, 0) is 16.1 Å². The standard InChI is InChI=1S/C19H29NO4/c1-2-3-4-5-6-7-8-9-10-15-19(21)24-16-17-13-11-12-14-18(17)20(22)23/h11-14H,2-10,15-16H2,1H3/i16D2. The number of unbranched alkanes of at least 4 members (excludes halogenated alkanes) is 8. The third-order valence-electron chi connectivity index (χ3n) is 3.86. The number of carbonyl (C=O) groups excluding carboxylic acids is 1. The molecule has 0 saturated carbocycles. The first-order valence-corrected chi connectivity index (χ1v) is 8.84. The van der Waals surface area contributed by atoms with Crippen LogP contribution < -0.4 is 0 Å². The summed E-state index contributed by atoms with van der Waals surface area (Å²) < 4.78 is 20.6. The molecule has 0 atom stereocenters. The highest BCUT2D eigenvalue weighted by atomic mass is 16.6. The van der Waals surface area contributed by atoms with Gasteiger partial charge in [-0.2, -0.15) is 0 Å². The van der Waals surface area contributed by atoms with Crippen molar-refractivity contribution in [1.29, 1.82) is 0 Å². The van der Waals surface area contributed by atoms with Gasteiger partial charge in [0.2, 0.25) is 0 Å². The second kappa shape index (κ2) is 12.5. The fourth-order valence-electron chi connectivity index (χ4n) is 2.46. The smallest absolute Gasteiger partial charge is 0.306 e. The largest absolute Gasteiger partial charge is 0.461 e. The van der Waals surface area contributed by atoms with Crippen LogP contribution in [0, 0.1) is 10.1 Å². The highest BCUT2D eigenvalue weighted by Gasteiger charge is 2.13. The minimum absolute atomic E-state index is 0.121. The number of para-hydroxylation sites is 1. The van der Waals surface area contributed by atoms with E-state index in [1.807, 2.05) is 0 Å². The average Bonchev–Trinajstić information content (AvgIpc) is 2.60. The van der Waals surface area contributed by atoms with E-state index in [0.717, 1.165) is 19.3 Å². The van der Waals surface area contributed by atoms with Crippen LogP contribution in [0.5, 0.6) is 0 Å². The van der Waals surface area contributed by atoms with Gasteiger partial charge in [0.25, 0.3) is 5.69 Å². The normalized spacial score (nSPS) is 12.4. The Balaban J connectivity index is 2.33. The number of nitro groups is 1. The van der Waals surface area contributed by atoms with E-state index in [-0.39, 0.29) is 12.0 Å².